The smallest absolute Gasteiger partial charge is 0.357 e. The molecule has 3 rings (SSSR count). The van der Waals surface area contributed by atoms with Crippen molar-refractivity contribution in [1.82, 2.24) is 10.3 Å². The van der Waals surface area contributed by atoms with Crippen LogP contribution >= 0.6 is 0 Å². The minimum atomic E-state index is 0.389. The Morgan fingerprint density at radius 2 is 2.00 bits per heavy atom. The lowest BCUT2D eigenvalue weighted by molar-refractivity contribution is -0.736. The number of nitrogens with zero attached hydrogens (tertiary/aromatic N) is 2. The molecule has 0 bridgehead atoms. The maximum absolute atomic E-state index is 12.0. The molecular formula is C20H28N5O2+. The van der Waals surface area contributed by atoms with Crippen LogP contribution in [0.3, 0.4) is 0 Å². The SMILES string of the molecule is CO[N+](=O)c1cnc(NCCc2ccccc2)cc1NCC1CCNCC1. The van der Waals surface area contributed by atoms with E-state index in [2.05, 4.69) is 33.1 Å². The summed E-state index contributed by atoms with van der Waals surface area (Å²) in [5.74, 6) is 1.34. The van der Waals surface area contributed by atoms with Crippen LogP contribution in [0.5, 0.6) is 0 Å². The predicted octanol–water partition coefficient (Wildman–Crippen LogP) is 3.12. The maximum atomic E-state index is 12.0. The number of nitrogens with one attached hydrogen (secondary N) is 3. The van der Waals surface area contributed by atoms with Crippen LogP contribution in [0.15, 0.2) is 42.6 Å². The van der Waals surface area contributed by atoms with E-state index in [1.807, 2.05) is 24.3 Å². The number of piperidine rings is 1. The Balaban J connectivity index is 1.63. The minimum absolute atomic E-state index is 0.389. The minimum Gasteiger partial charge on any atom is -0.379 e. The molecule has 1 fully saturated rings. The van der Waals surface area contributed by atoms with Crippen molar-refractivity contribution in [2.45, 2.75) is 19.3 Å². The zero-order valence-electron chi connectivity index (χ0n) is 15.8. The first kappa shape index (κ1) is 19.1. The van der Waals surface area contributed by atoms with Gasteiger partial charge in [-0.05, 0) is 43.8 Å². The highest BCUT2D eigenvalue weighted by Crippen LogP contribution is 2.27. The van der Waals surface area contributed by atoms with Crippen molar-refractivity contribution in [2.24, 2.45) is 5.92 Å². The highest BCUT2D eigenvalue weighted by atomic mass is 16.8. The summed E-state index contributed by atoms with van der Waals surface area (Å²) >= 11 is 0. The van der Waals surface area contributed by atoms with Crippen LogP contribution in [-0.4, -0.2) is 43.2 Å². The summed E-state index contributed by atoms with van der Waals surface area (Å²) in [6.45, 7) is 3.70. The first-order chi connectivity index (χ1) is 13.3. The molecular weight excluding hydrogens is 342 g/mol. The molecule has 0 spiro atoms. The van der Waals surface area contributed by atoms with Crippen molar-refractivity contribution in [3.63, 3.8) is 0 Å². The van der Waals surface area contributed by atoms with Crippen molar-refractivity contribution in [3.05, 3.63) is 53.1 Å². The molecule has 27 heavy (non-hydrogen) atoms. The monoisotopic (exact) mass is 370 g/mol. The van der Waals surface area contributed by atoms with Gasteiger partial charge in [0, 0.05) is 19.2 Å². The predicted molar refractivity (Wildman–Crippen MR) is 107 cm³/mol. The second-order valence-electron chi connectivity index (χ2n) is 6.76. The molecule has 0 aliphatic carbocycles. The summed E-state index contributed by atoms with van der Waals surface area (Å²) in [5.41, 5.74) is 2.40. The zero-order chi connectivity index (χ0) is 18.9. The van der Waals surface area contributed by atoms with Crippen LogP contribution in [0.4, 0.5) is 17.2 Å². The fourth-order valence-electron chi connectivity index (χ4n) is 3.25. The fourth-order valence-corrected chi connectivity index (χ4v) is 3.25. The number of rotatable bonds is 9. The van der Waals surface area contributed by atoms with Gasteiger partial charge in [-0.3, -0.25) is 0 Å². The molecule has 0 saturated carbocycles. The quantitative estimate of drug-likeness (QED) is 0.589. The lowest BCUT2D eigenvalue weighted by Gasteiger charge is -2.23. The third-order valence-corrected chi connectivity index (χ3v) is 4.85. The van der Waals surface area contributed by atoms with Gasteiger partial charge in [-0.15, -0.1) is 0 Å². The maximum Gasteiger partial charge on any atom is 0.357 e. The Labute approximate surface area is 160 Å². The van der Waals surface area contributed by atoms with Gasteiger partial charge in [-0.25, -0.2) is 9.82 Å². The van der Waals surface area contributed by atoms with Gasteiger partial charge in [0.15, 0.2) is 7.11 Å². The molecule has 2 aromatic rings. The van der Waals surface area contributed by atoms with E-state index in [0.717, 1.165) is 56.9 Å². The molecule has 144 valence electrons. The lowest BCUT2D eigenvalue weighted by atomic mass is 9.98. The van der Waals surface area contributed by atoms with E-state index in [9.17, 15) is 4.91 Å². The second kappa shape index (κ2) is 9.87. The summed E-state index contributed by atoms with van der Waals surface area (Å²) in [4.78, 5) is 21.6. The number of hydrogen-bond acceptors (Lipinski definition) is 6. The molecule has 3 N–H and O–H groups in total. The summed E-state index contributed by atoms with van der Waals surface area (Å²) in [5, 5.41) is 10.1. The van der Waals surface area contributed by atoms with Crippen LogP contribution in [0, 0.1) is 10.8 Å². The van der Waals surface area contributed by atoms with Gasteiger partial charge in [0.2, 0.25) is 0 Å². The first-order valence-electron chi connectivity index (χ1n) is 9.50. The zero-order valence-corrected chi connectivity index (χ0v) is 15.8. The Bertz CT molecular complexity index is 732. The van der Waals surface area contributed by atoms with E-state index in [1.54, 1.807) is 6.20 Å². The van der Waals surface area contributed by atoms with E-state index in [0.29, 0.717) is 16.5 Å². The number of benzene rings is 1. The second-order valence-corrected chi connectivity index (χ2v) is 6.76. The Kier molecular flexibility index (Phi) is 6.98. The van der Waals surface area contributed by atoms with Gasteiger partial charge >= 0.3 is 5.69 Å². The molecule has 7 nitrogen and oxygen atoms in total. The molecule has 1 aromatic carbocycles. The number of pyridine rings is 1. The number of aromatic nitrogens is 1. The average Bonchev–Trinajstić information content (AvgIpc) is 2.73. The highest BCUT2D eigenvalue weighted by molar-refractivity contribution is 5.65. The van der Waals surface area contributed by atoms with Crippen LogP contribution in [-0.2, 0) is 11.3 Å². The van der Waals surface area contributed by atoms with E-state index < -0.39 is 0 Å². The molecule has 1 aliphatic rings. The Hall–Kier alpha value is -2.67. The topological polar surface area (TPSA) is 78.3 Å². The molecule has 0 radical (unpaired) electrons. The van der Waals surface area contributed by atoms with Gasteiger partial charge in [0.25, 0.3) is 4.92 Å². The van der Waals surface area contributed by atoms with Crippen molar-refractivity contribution in [2.75, 3.05) is 43.9 Å². The van der Waals surface area contributed by atoms with Gasteiger partial charge in [0.1, 0.15) is 17.7 Å². The summed E-state index contributed by atoms with van der Waals surface area (Å²) in [7, 11) is 1.36. The highest BCUT2D eigenvalue weighted by Gasteiger charge is 2.23. The third kappa shape index (κ3) is 5.65. The van der Waals surface area contributed by atoms with Crippen molar-refractivity contribution in [3.8, 4) is 0 Å². The van der Waals surface area contributed by atoms with E-state index in [4.69, 9.17) is 4.84 Å². The number of hydrogen-bond donors (Lipinski definition) is 3. The fraction of sp³-hybridized carbons (Fsp3) is 0.450. The third-order valence-electron chi connectivity index (χ3n) is 4.85. The van der Waals surface area contributed by atoms with E-state index in [-0.39, 0.29) is 0 Å². The lowest BCUT2D eigenvalue weighted by Crippen LogP contribution is -2.31. The molecule has 7 heteroatoms. The largest absolute Gasteiger partial charge is 0.379 e. The molecule has 0 atom stereocenters. The van der Waals surface area contributed by atoms with Crippen molar-refractivity contribution < 1.29 is 9.76 Å². The van der Waals surface area contributed by atoms with Gasteiger partial charge in [0.05, 0.1) is 4.91 Å². The van der Waals surface area contributed by atoms with Gasteiger partial charge in [-0.1, -0.05) is 30.3 Å². The number of anilines is 2. The first-order valence-corrected chi connectivity index (χ1v) is 9.50. The van der Waals surface area contributed by atoms with Crippen LogP contribution in [0.1, 0.15) is 18.4 Å². The van der Waals surface area contributed by atoms with Crippen molar-refractivity contribution in [1.29, 1.82) is 0 Å². The van der Waals surface area contributed by atoms with Gasteiger partial charge < -0.3 is 16.0 Å². The van der Waals surface area contributed by atoms with Crippen LogP contribution in [0.2, 0.25) is 0 Å². The Morgan fingerprint density at radius 3 is 2.74 bits per heavy atom. The molecule has 1 aromatic heterocycles. The molecule has 0 unspecified atom stereocenters. The summed E-state index contributed by atoms with van der Waals surface area (Å²) in [6, 6.07) is 12.2. The normalized spacial score (nSPS) is 14.6. The molecule has 1 saturated heterocycles. The summed E-state index contributed by atoms with van der Waals surface area (Å²) in [6.07, 6.45) is 4.74. The molecule has 2 heterocycles. The van der Waals surface area contributed by atoms with Crippen LogP contribution < -0.4 is 16.0 Å². The van der Waals surface area contributed by atoms with E-state index in [1.165, 1.54) is 12.7 Å². The van der Waals surface area contributed by atoms with Crippen molar-refractivity contribution >= 4 is 17.2 Å². The molecule has 0 amide bonds. The average molecular weight is 370 g/mol. The Morgan fingerprint density at radius 1 is 1.22 bits per heavy atom. The van der Waals surface area contributed by atoms with E-state index >= 15 is 0 Å². The summed E-state index contributed by atoms with van der Waals surface area (Å²) < 4.78 is 0. The standard InChI is InChI=1S/C20H28N5O2/c1-27-25(26)19-15-24-20(22-12-9-16-5-3-2-4-6-16)13-18(19)23-14-17-7-10-21-11-8-17/h2-6,13,15,17,21H,7-12,14H2,1H3,(H2,22,23,24)/q+1. The van der Waals surface area contributed by atoms with Gasteiger partial charge in [-0.2, -0.15) is 0 Å². The van der Waals surface area contributed by atoms with Crippen LogP contribution in [0.25, 0.3) is 0 Å². The molecule has 1 aliphatic heterocycles.